The summed E-state index contributed by atoms with van der Waals surface area (Å²) in [6.07, 6.45) is 3.40. The molecule has 0 amide bonds. The van der Waals surface area contributed by atoms with Crippen LogP contribution in [0.25, 0.3) is 0 Å². The Kier molecular flexibility index (Phi) is 5.60. The van der Waals surface area contributed by atoms with E-state index in [1.165, 1.54) is 22.6 Å². The molecule has 0 fully saturated rings. The van der Waals surface area contributed by atoms with Crippen LogP contribution in [0.3, 0.4) is 0 Å². The van der Waals surface area contributed by atoms with Crippen LogP contribution in [0.2, 0.25) is 0 Å². The number of nitrogens with one attached hydrogen (secondary N) is 1. The van der Waals surface area contributed by atoms with Crippen molar-refractivity contribution in [2.24, 2.45) is 0 Å². The molecule has 0 aliphatic carbocycles. The van der Waals surface area contributed by atoms with Gasteiger partial charge in [0, 0.05) is 10.9 Å². The van der Waals surface area contributed by atoms with Crippen LogP contribution in [0.1, 0.15) is 29.8 Å². The van der Waals surface area contributed by atoms with Gasteiger partial charge in [-0.25, -0.2) is 0 Å². The van der Waals surface area contributed by atoms with Gasteiger partial charge in [-0.2, -0.15) is 11.8 Å². The number of rotatable bonds is 6. The topological polar surface area (TPSA) is 12.0 Å². The fourth-order valence-electron chi connectivity index (χ4n) is 1.61. The molecule has 0 saturated carbocycles. The zero-order valence-electron chi connectivity index (χ0n) is 9.17. The van der Waals surface area contributed by atoms with Gasteiger partial charge in [0.05, 0.1) is 0 Å². The maximum absolute atomic E-state index is 3.55. The third-order valence-corrected chi connectivity index (χ3v) is 3.84. The predicted octanol–water partition coefficient (Wildman–Crippen LogP) is 3.46. The van der Waals surface area contributed by atoms with Gasteiger partial charge in [-0.15, -0.1) is 11.3 Å². The zero-order valence-corrected chi connectivity index (χ0v) is 10.8. The Hall–Kier alpha value is 0.01000. The van der Waals surface area contributed by atoms with E-state index in [0.717, 1.165) is 6.54 Å². The summed E-state index contributed by atoms with van der Waals surface area (Å²) in [5.41, 5.74) is 1.49. The normalized spacial score (nSPS) is 13.1. The molecule has 0 aliphatic rings. The van der Waals surface area contributed by atoms with Crippen molar-refractivity contribution in [2.45, 2.75) is 26.3 Å². The third-order valence-electron chi connectivity index (χ3n) is 2.34. The van der Waals surface area contributed by atoms with Crippen LogP contribution in [0, 0.1) is 6.92 Å². The molecule has 1 unspecified atom stereocenters. The van der Waals surface area contributed by atoms with Gasteiger partial charge in [-0.05, 0) is 48.9 Å². The van der Waals surface area contributed by atoms with Crippen LogP contribution in [0.5, 0.6) is 0 Å². The van der Waals surface area contributed by atoms with Crippen molar-refractivity contribution in [3.05, 3.63) is 21.9 Å². The molecule has 3 heteroatoms. The second-order valence-corrected chi connectivity index (χ2v) is 5.43. The standard InChI is InChI=1S/C11H19NS2/c1-4-12-11(6-7-13-3)10-5-8-14-9(10)2/h5,8,11-12H,4,6-7H2,1-3H3. The largest absolute Gasteiger partial charge is 0.310 e. The van der Waals surface area contributed by atoms with Crippen LogP contribution >= 0.6 is 23.1 Å². The van der Waals surface area contributed by atoms with Crippen LogP contribution < -0.4 is 5.32 Å². The number of hydrogen-bond acceptors (Lipinski definition) is 3. The molecule has 0 spiro atoms. The van der Waals surface area contributed by atoms with E-state index in [0.29, 0.717) is 6.04 Å². The highest BCUT2D eigenvalue weighted by Crippen LogP contribution is 2.25. The van der Waals surface area contributed by atoms with Crippen molar-refractivity contribution in [3.8, 4) is 0 Å². The smallest absolute Gasteiger partial charge is 0.0338 e. The molecule has 0 bridgehead atoms. The van der Waals surface area contributed by atoms with Gasteiger partial charge >= 0.3 is 0 Å². The van der Waals surface area contributed by atoms with E-state index >= 15 is 0 Å². The molecule has 1 N–H and O–H groups in total. The zero-order chi connectivity index (χ0) is 10.4. The Bertz CT molecular complexity index is 258. The molecule has 0 aromatic carbocycles. The van der Waals surface area contributed by atoms with E-state index in [4.69, 9.17) is 0 Å². The Morgan fingerprint density at radius 1 is 1.57 bits per heavy atom. The molecule has 0 radical (unpaired) electrons. The van der Waals surface area contributed by atoms with Crippen LogP contribution in [-0.2, 0) is 0 Å². The lowest BCUT2D eigenvalue weighted by atomic mass is 10.1. The Labute approximate surface area is 95.3 Å². The van der Waals surface area contributed by atoms with Crippen LogP contribution in [0.4, 0.5) is 0 Å². The number of thioether (sulfide) groups is 1. The first kappa shape index (κ1) is 12.1. The van der Waals surface area contributed by atoms with Crippen molar-refractivity contribution < 1.29 is 0 Å². The second kappa shape index (κ2) is 6.49. The SMILES string of the molecule is CCNC(CCSC)c1ccsc1C. The van der Waals surface area contributed by atoms with E-state index in [-0.39, 0.29) is 0 Å². The molecule has 0 saturated heterocycles. The highest BCUT2D eigenvalue weighted by molar-refractivity contribution is 7.98. The van der Waals surface area contributed by atoms with Crippen LogP contribution in [0.15, 0.2) is 11.4 Å². The fraction of sp³-hybridized carbons (Fsp3) is 0.636. The van der Waals surface area contributed by atoms with Gasteiger partial charge in [-0.1, -0.05) is 6.92 Å². The third kappa shape index (κ3) is 3.30. The molecule has 1 aromatic heterocycles. The van der Waals surface area contributed by atoms with Crippen molar-refractivity contribution in [1.29, 1.82) is 0 Å². The maximum atomic E-state index is 3.55. The summed E-state index contributed by atoms with van der Waals surface area (Å²) in [6.45, 7) is 5.44. The second-order valence-electron chi connectivity index (χ2n) is 3.32. The molecule has 80 valence electrons. The minimum Gasteiger partial charge on any atom is -0.310 e. The van der Waals surface area contributed by atoms with Crippen molar-refractivity contribution in [2.75, 3.05) is 18.6 Å². The van der Waals surface area contributed by atoms with Gasteiger partial charge in [-0.3, -0.25) is 0 Å². The monoisotopic (exact) mass is 229 g/mol. The minimum atomic E-state index is 0.554. The van der Waals surface area contributed by atoms with Crippen molar-refractivity contribution in [1.82, 2.24) is 5.32 Å². The average Bonchev–Trinajstić information content (AvgIpc) is 2.59. The summed E-state index contributed by atoms with van der Waals surface area (Å²) < 4.78 is 0. The van der Waals surface area contributed by atoms with E-state index < -0.39 is 0 Å². The Morgan fingerprint density at radius 2 is 2.36 bits per heavy atom. The Morgan fingerprint density at radius 3 is 2.86 bits per heavy atom. The molecular weight excluding hydrogens is 210 g/mol. The first-order chi connectivity index (χ1) is 6.79. The number of aryl methyl sites for hydroxylation is 1. The lowest BCUT2D eigenvalue weighted by Crippen LogP contribution is -2.21. The first-order valence-electron chi connectivity index (χ1n) is 5.06. The van der Waals surface area contributed by atoms with E-state index in [1.54, 1.807) is 0 Å². The van der Waals surface area contributed by atoms with E-state index in [2.05, 4.69) is 36.9 Å². The molecule has 1 nitrogen and oxygen atoms in total. The van der Waals surface area contributed by atoms with Crippen molar-refractivity contribution in [3.63, 3.8) is 0 Å². The van der Waals surface area contributed by atoms with Gasteiger partial charge < -0.3 is 5.32 Å². The summed E-state index contributed by atoms with van der Waals surface area (Å²) in [4.78, 5) is 1.46. The van der Waals surface area contributed by atoms with Gasteiger partial charge in [0.25, 0.3) is 0 Å². The first-order valence-corrected chi connectivity index (χ1v) is 7.33. The molecule has 1 heterocycles. The highest BCUT2D eigenvalue weighted by Gasteiger charge is 2.12. The van der Waals surface area contributed by atoms with E-state index in [1.807, 2.05) is 23.1 Å². The van der Waals surface area contributed by atoms with E-state index in [9.17, 15) is 0 Å². The molecule has 1 atom stereocenters. The molecule has 1 aromatic rings. The molecule has 0 aliphatic heterocycles. The predicted molar refractivity (Wildman–Crippen MR) is 68.5 cm³/mol. The lowest BCUT2D eigenvalue weighted by Gasteiger charge is -2.17. The Balaban J connectivity index is 2.62. The van der Waals surface area contributed by atoms with Crippen LogP contribution in [-0.4, -0.2) is 18.6 Å². The lowest BCUT2D eigenvalue weighted by molar-refractivity contribution is 0.540. The molecule has 1 rings (SSSR count). The quantitative estimate of drug-likeness (QED) is 0.802. The summed E-state index contributed by atoms with van der Waals surface area (Å²) in [5.74, 6) is 1.23. The van der Waals surface area contributed by atoms with Crippen molar-refractivity contribution >= 4 is 23.1 Å². The van der Waals surface area contributed by atoms with Gasteiger partial charge in [0.1, 0.15) is 0 Å². The fourth-order valence-corrected chi connectivity index (χ4v) is 2.84. The molecular formula is C11H19NS2. The summed E-state index contributed by atoms with van der Waals surface area (Å²) >= 11 is 3.77. The van der Waals surface area contributed by atoms with Gasteiger partial charge in [0.15, 0.2) is 0 Å². The van der Waals surface area contributed by atoms with Gasteiger partial charge in [0.2, 0.25) is 0 Å². The number of thiophene rings is 1. The summed E-state index contributed by atoms with van der Waals surface area (Å²) in [5, 5.41) is 5.74. The maximum Gasteiger partial charge on any atom is 0.0338 e. The average molecular weight is 229 g/mol. The highest BCUT2D eigenvalue weighted by atomic mass is 32.2. The number of hydrogen-bond donors (Lipinski definition) is 1. The minimum absolute atomic E-state index is 0.554. The molecule has 14 heavy (non-hydrogen) atoms. The summed E-state index contributed by atoms with van der Waals surface area (Å²) in [6, 6.07) is 2.81. The summed E-state index contributed by atoms with van der Waals surface area (Å²) in [7, 11) is 0.